The van der Waals surface area contributed by atoms with Crippen molar-refractivity contribution in [2.24, 2.45) is 0 Å². The number of nitrogens with zero attached hydrogens (tertiary/aromatic N) is 2. The van der Waals surface area contributed by atoms with Crippen LogP contribution < -0.4 is 9.47 Å². The molecule has 0 radical (unpaired) electrons. The maximum Gasteiger partial charge on any atom is 0.295 e. The minimum atomic E-state index is -0.472. The fraction of sp³-hybridized carbons (Fsp3) is 0.304. The molecule has 0 atom stereocenters. The second-order valence-electron chi connectivity index (χ2n) is 6.58. The Hall–Kier alpha value is -3.28. The van der Waals surface area contributed by atoms with Crippen LogP contribution in [0.4, 0.5) is 0 Å². The number of Topliss-reactive ketones (excluding diaryl/α,β-unsaturated/α-hetero) is 1. The molecule has 2 aromatic carbocycles. The highest BCUT2D eigenvalue weighted by Crippen LogP contribution is 2.23. The van der Waals surface area contributed by atoms with Gasteiger partial charge in [0.25, 0.3) is 11.7 Å². The van der Waals surface area contributed by atoms with Gasteiger partial charge in [0, 0.05) is 30.2 Å². The summed E-state index contributed by atoms with van der Waals surface area (Å²) in [6.07, 6.45) is 1.76. The maximum absolute atomic E-state index is 12.8. The Kier molecular flexibility index (Phi) is 6.54. The average molecular weight is 394 g/mol. The molecule has 0 saturated carbocycles. The van der Waals surface area contributed by atoms with E-state index in [-0.39, 0.29) is 0 Å². The minimum Gasteiger partial charge on any atom is -0.497 e. The Balaban J connectivity index is 1.78. The van der Waals surface area contributed by atoms with Gasteiger partial charge in [-0.25, -0.2) is 0 Å². The molecule has 6 nitrogen and oxygen atoms in total. The van der Waals surface area contributed by atoms with Crippen molar-refractivity contribution in [3.63, 3.8) is 0 Å². The van der Waals surface area contributed by atoms with E-state index in [1.165, 1.54) is 0 Å². The number of rotatable bonds is 9. The number of hydrogen-bond donors (Lipinski definition) is 0. The second-order valence-corrected chi connectivity index (χ2v) is 6.58. The maximum atomic E-state index is 12.8. The van der Waals surface area contributed by atoms with Crippen LogP contribution in [0.3, 0.4) is 0 Å². The lowest BCUT2D eigenvalue weighted by Crippen LogP contribution is -2.36. The number of likely N-dealkylation sites (N-methyl/N-ethyl adjacent to an activating group) is 1. The normalized spacial score (nSPS) is 10.7. The quantitative estimate of drug-likeness (QED) is 0.409. The summed E-state index contributed by atoms with van der Waals surface area (Å²) in [6.45, 7) is 5.75. The van der Waals surface area contributed by atoms with E-state index in [0.29, 0.717) is 31.8 Å². The van der Waals surface area contributed by atoms with Crippen LogP contribution in [0.2, 0.25) is 0 Å². The number of amides is 1. The number of ether oxygens (including phenoxy) is 2. The molecule has 0 bridgehead atoms. The zero-order valence-corrected chi connectivity index (χ0v) is 17.1. The van der Waals surface area contributed by atoms with Crippen molar-refractivity contribution in [2.75, 3.05) is 26.8 Å². The molecule has 6 heteroatoms. The van der Waals surface area contributed by atoms with Crippen molar-refractivity contribution in [1.29, 1.82) is 0 Å². The fourth-order valence-corrected chi connectivity index (χ4v) is 3.32. The zero-order valence-electron chi connectivity index (χ0n) is 17.1. The van der Waals surface area contributed by atoms with Gasteiger partial charge in [-0.2, -0.15) is 0 Å². The van der Waals surface area contributed by atoms with Crippen LogP contribution in [0.5, 0.6) is 11.5 Å². The van der Waals surface area contributed by atoms with Gasteiger partial charge in [0.05, 0.1) is 19.2 Å². The SMILES string of the molecule is CCN(CC)C(=O)C(=O)c1cn(CCOc2ccc(OC)cc2)c2ccccc12. The summed E-state index contributed by atoms with van der Waals surface area (Å²) in [5.74, 6) is 0.581. The predicted molar refractivity (Wildman–Crippen MR) is 113 cm³/mol. The minimum absolute atomic E-state index is 0.432. The molecule has 0 spiro atoms. The highest BCUT2D eigenvalue weighted by molar-refractivity contribution is 6.44. The number of carbonyl (C=O) groups is 2. The third kappa shape index (κ3) is 4.42. The number of fused-ring (bicyclic) bond motifs is 1. The topological polar surface area (TPSA) is 60.8 Å². The molecule has 1 aromatic heterocycles. The van der Waals surface area contributed by atoms with Crippen molar-refractivity contribution in [1.82, 2.24) is 9.47 Å². The summed E-state index contributed by atoms with van der Waals surface area (Å²) in [6, 6.07) is 15.0. The van der Waals surface area contributed by atoms with Crippen LogP contribution in [0.1, 0.15) is 24.2 Å². The number of ketones is 1. The number of carbonyl (C=O) groups excluding carboxylic acids is 2. The first kappa shape index (κ1) is 20.5. The molecule has 0 fully saturated rings. The van der Waals surface area contributed by atoms with E-state index >= 15 is 0 Å². The van der Waals surface area contributed by atoms with Gasteiger partial charge in [-0.1, -0.05) is 18.2 Å². The standard InChI is InChI=1S/C23H26N2O4/c1-4-24(5-2)23(27)22(26)20-16-25(21-9-7-6-8-19(20)21)14-15-29-18-12-10-17(28-3)11-13-18/h6-13,16H,4-5,14-15H2,1-3H3. The third-order valence-electron chi connectivity index (χ3n) is 4.94. The van der Waals surface area contributed by atoms with Crippen molar-refractivity contribution in [2.45, 2.75) is 20.4 Å². The van der Waals surface area contributed by atoms with Crippen LogP contribution in [0.15, 0.2) is 54.7 Å². The molecule has 3 rings (SSSR count). The molecule has 0 aliphatic carbocycles. The molecular weight excluding hydrogens is 368 g/mol. The van der Waals surface area contributed by atoms with E-state index in [1.807, 2.05) is 66.9 Å². The molecular formula is C23H26N2O4. The number of para-hydroxylation sites is 1. The van der Waals surface area contributed by atoms with E-state index in [0.717, 1.165) is 22.4 Å². The van der Waals surface area contributed by atoms with Gasteiger partial charge in [0.2, 0.25) is 0 Å². The Morgan fingerprint density at radius 3 is 2.28 bits per heavy atom. The molecule has 0 aliphatic heterocycles. The zero-order chi connectivity index (χ0) is 20.8. The summed E-state index contributed by atoms with van der Waals surface area (Å²) in [7, 11) is 1.62. The fourth-order valence-electron chi connectivity index (χ4n) is 3.32. The van der Waals surface area contributed by atoms with E-state index in [1.54, 1.807) is 18.2 Å². The van der Waals surface area contributed by atoms with E-state index in [2.05, 4.69) is 0 Å². The molecule has 152 valence electrons. The van der Waals surface area contributed by atoms with Crippen molar-refractivity contribution in [3.8, 4) is 11.5 Å². The van der Waals surface area contributed by atoms with Gasteiger partial charge in [0.1, 0.15) is 18.1 Å². The lowest BCUT2D eigenvalue weighted by molar-refractivity contribution is -0.126. The van der Waals surface area contributed by atoms with Gasteiger partial charge >= 0.3 is 0 Å². The first-order valence-corrected chi connectivity index (χ1v) is 9.77. The Morgan fingerprint density at radius 1 is 0.966 bits per heavy atom. The van der Waals surface area contributed by atoms with Crippen LogP contribution in [0.25, 0.3) is 10.9 Å². The number of methoxy groups -OCH3 is 1. The van der Waals surface area contributed by atoms with Gasteiger partial charge < -0.3 is 18.9 Å². The molecule has 0 unspecified atom stereocenters. The van der Waals surface area contributed by atoms with Crippen molar-refractivity contribution < 1.29 is 19.1 Å². The molecule has 29 heavy (non-hydrogen) atoms. The second kappa shape index (κ2) is 9.28. The number of hydrogen-bond acceptors (Lipinski definition) is 4. The third-order valence-corrected chi connectivity index (χ3v) is 4.94. The number of aromatic nitrogens is 1. The number of benzene rings is 2. The highest BCUT2D eigenvalue weighted by atomic mass is 16.5. The van der Waals surface area contributed by atoms with Crippen molar-refractivity contribution in [3.05, 3.63) is 60.3 Å². The molecule has 3 aromatic rings. The first-order valence-electron chi connectivity index (χ1n) is 9.77. The Morgan fingerprint density at radius 2 is 1.62 bits per heavy atom. The summed E-state index contributed by atoms with van der Waals surface area (Å²) >= 11 is 0. The summed E-state index contributed by atoms with van der Waals surface area (Å²) in [4.78, 5) is 26.9. The average Bonchev–Trinajstić information content (AvgIpc) is 3.13. The lowest BCUT2D eigenvalue weighted by atomic mass is 10.1. The van der Waals surface area contributed by atoms with Gasteiger partial charge in [-0.3, -0.25) is 9.59 Å². The van der Waals surface area contributed by atoms with Crippen molar-refractivity contribution >= 4 is 22.6 Å². The van der Waals surface area contributed by atoms with Gasteiger partial charge in [0.15, 0.2) is 0 Å². The Bertz CT molecular complexity index is 988. The lowest BCUT2D eigenvalue weighted by Gasteiger charge is -2.17. The van der Waals surface area contributed by atoms with Crippen LogP contribution in [0, 0.1) is 0 Å². The first-order chi connectivity index (χ1) is 14.1. The van der Waals surface area contributed by atoms with Crippen LogP contribution in [-0.2, 0) is 11.3 Å². The molecule has 0 aliphatic rings. The molecule has 0 N–H and O–H groups in total. The van der Waals surface area contributed by atoms with E-state index in [4.69, 9.17) is 9.47 Å². The van der Waals surface area contributed by atoms with E-state index in [9.17, 15) is 9.59 Å². The summed E-state index contributed by atoms with van der Waals surface area (Å²) < 4.78 is 12.9. The predicted octanol–water partition coefficient (Wildman–Crippen LogP) is 3.78. The summed E-state index contributed by atoms with van der Waals surface area (Å²) in [5, 5.41) is 0.780. The Labute approximate surface area is 170 Å². The summed E-state index contributed by atoms with van der Waals surface area (Å²) in [5.41, 5.74) is 1.34. The molecule has 1 heterocycles. The highest BCUT2D eigenvalue weighted by Gasteiger charge is 2.24. The van der Waals surface area contributed by atoms with Crippen LogP contribution >= 0.6 is 0 Å². The van der Waals surface area contributed by atoms with E-state index < -0.39 is 11.7 Å². The van der Waals surface area contributed by atoms with Gasteiger partial charge in [-0.05, 0) is 44.2 Å². The molecule has 1 amide bonds. The largest absolute Gasteiger partial charge is 0.497 e. The monoisotopic (exact) mass is 394 g/mol. The van der Waals surface area contributed by atoms with Gasteiger partial charge in [-0.15, -0.1) is 0 Å². The smallest absolute Gasteiger partial charge is 0.295 e. The molecule has 0 saturated heterocycles. The van der Waals surface area contributed by atoms with Crippen LogP contribution in [-0.4, -0.2) is 48.0 Å².